The first-order valence-corrected chi connectivity index (χ1v) is 12.8. The highest BCUT2D eigenvalue weighted by molar-refractivity contribution is 6.24. The Morgan fingerprint density at radius 1 is 0.533 bits per heavy atom. The lowest BCUT2D eigenvalue weighted by Crippen LogP contribution is -2.20. The molecule has 0 fully saturated rings. The van der Waals surface area contributed by atoms with Crippen LogP contribution >= 0.6 is 0 Å². The van der Waals surface area contributed by atoms with Gasteiger partial charge in [-0.25, -0.2) is 0 Å². The maximum absolute atomic E-state index is 12.4. The van der Waals surface area contributed by atoms with E-state index < -0.39 is 0 Å². The lowest BCUT2D eigenvalue weighted by atomic mass is 9.84. The molecule has 0 radical (unpaired) electrons. The molecule has 1 aliphatic carbocycles. The molecule has 0 N–H and O–H groups in total. The summed E-state index contributed by atoms with van der Waals surface area (Å²) >= 11 is 0. The largest absolute Gasteiger partial charge is 0.289 e. The Balaban J connectivity index is 0.00000407. The van der Waals surface area contributed by atoms with Crippen molar-refractivity contribution in [3.63, 3.8) is 0 Å². The fourth-order valence-corrected chi connectivity index (χ4v) is 4.08. The third-order valence-electron chi connectivity index (χ3n) is 6.27. The normalized spacial score (nSPS) is 14.5. The Bertz CT molecular complexity index is 563. The summed E-state index contributed by atoms with van der Waals surface area (Å²) in [6.45, 7) is 14.0. The predicted molar refractivity (Wildman–Crippen MR) is 132 cm³/mol. The average molecular weight is 419 g/mol. The summed E-state index contributed by atoms with van der Waals surface area (Å²) in [6.07, 6.45) is 18.0. The van der Waals surface area contributed by atoms with Crippen molar-refractivity contribution in [2.75, 3.05) is 0 Å². The van der Waals surface area contributed by atoms with E-state index in [4.69, 9.17) is 0 Å². The molecule has 174 valence electrons. The Morgan fingerprint density at radius 2 is 0.900 bits per heavy atom. The van der Waals surface area contributed by atoms with Crippen LogP contribution in [0.3, 0.4) is 0 Å². The smallest absolute Gasteiger partial charge is 0.185 e. The zero-order chi connectivity index (χ0) is 22.9. The maximum atomic E-state index is 12.4. The maximum Gasteiger partial charge on any atom is 0.185 e. The summed E-state index contributed by atoms with van der Waals surface area (Å²) in [5.41, 5.74) is 2.71. The van der Waals surface area contributed by atoms with Crippen LogP contribution in [0.15, 0.2) is 22.3 Å². The molecule has 0 aromatic heterocycles. The molecule has 0 aliphatic heterocycles. The third kappa shape index (κ3) is 11.3. The van der Waals surface area contributed by atoms with Crippen molar-refractivity contribution < 1.29 is 9.59 Å². The van der Waals surface area contributed by atoms with E-state index in [9.17, 15) is 9.59 Å². The van der Waals surface area contributed by atoms with E-state index in [1.807, 2.05) is 20.8 Å². The molecule has 0 amide bonds. The van der Waals surface area contributed by atoms with Crippen LogP contribution in [0.2, 0.25) is 0 Å². The minimum atomic E-state index is 0.0621. The van der Waals surface area contributed by atoms with Gasteiger partial charge in [0.15, 0.2) is 11.6 Å². The number of allylic oxidation sites excluding steroid dienone is 4. The van der Waals surface area contributed by atoms with Crippen LogP contribution in [0, 0.1) is 5.92 Å². The minimum absolute atomic E-state index is 0.0621. The fourth-order valence-electron chi connectivity index (χ4n) is 4.08. The highest BCUT2D eigenvalue weighted by atomic mass is 16.1. The van der Waals surface area contributed by atoms with Gasteiger partial charge in [0.2, 0.25) is 0 Å². The quantitative estimate of drug-likeness (QED) is 0.196. The molecule has 0 aromatic carbocycles. The molecule has 0 spiro atoms. The summed E-state index contributed by atoms with van der Waals surface area (Å²) in [5.74, 6) is 1.02. The highest BCUT2D eigenvalue weighted by Crippen LogP contribution is 2.27. The second-order valence-corrected chi connectivity index (χ2v) is 9.19. The zero-order valence-corrected chi connectivity index (χ0v) is 21.3. The van der Waals surface area contributed by atoms with Crippen molar-refractivity contribution in [1.29, 1.82) is 0 Å². The van der Waals surface area contributed by atoms with Gasteiger partial charge >= 0.3 is 0 Å². The van der Waals surface area contributed by atoms with Crippen LogP contribution in [0.4, 0.5) is 0 Å². The molecule has 0 bridgehead atoms. The standard InChI is InChI=1S/C26H44O2.C2H6/c1-20(2)18-16-14-12-10-8-6-7-9-11-13-15-17-19-24-23(5)25(27)21(3)22(4)26(24)28;1-2/h20H,6-19H2,1-5H3;1-2H3. The van der Waals surface area contributed by atoms with E-state index in [2.05, 4.69) is 13.8 Å². The number of rotatable bonds is 15. The molecular weight excluding hydrogens is 368 g/mol. The Hall–Kier alpha value is -1.18. The summed E-state index contributed by atoms with van der Waals surface area (Å²) < 4.78 is 0. The molecule has 30 heavy (non-hydrogen) atoms. The van der Waals surface area contributed by atoms with Crippen molar-refractivity contribution in [2.45, 2.75) is 138 Å². The second-order valence-electron chi connectivity index (χ2n) is 9.19. The van der Waals surface area contributed by atoms with E-state index in [1.54, 1.807) is 13.8 Å². The number of unbranched alkanes of at least 4 members (excludes halogenated alkanes) is 11. The van der Waals surface area contributed by atoms with Crippen LogP contribution in [0.25, 0.3) is 0 Å². The zero-order valence-electron chi connectivity index (χ0n) is 21.3. The molecule has 1 aliphatic rings. The summed E-state index contributed by atoms with van der Waals surface area (Å²) in [4.78, 5) is 24.6. The van der Waals surface area contributed by atoms with E-state index in [0.717, 1.165) is 30.8 Å². The van der Waals surface area contributed by atoms with Gasteiger partial charge in [-0.05, 0) is 39.5 Å². The molecule has 1 rings (SSSR count). The molecule has 0 saturated heterocycles. The fraction of sp³-hybridized carbons (Fsp3) is 0.786. The first kappa shape index (κ1) is 28.8. The molecule has 0 aromatic rings. The Kier molecular flexibility index (Phi) is 16.8. The van der Waals surface area contributed by atoms with Crippen LogP contribution in [-0.2, 0) is 9.59 Å². The van der Waals surface area contributed by atoms with E-state index in [0.29, 0.717) is 16.7 Å². The molecule has 0 atom stereocenters. The second kappa shape index (κ2) is 17.5. The summed E-state index contributed by atoms with van der Waals surface area (Å²) in [6, 6.07) is 0. The Labute approximate surface area is 188 Å². The molecule has 2 nitrogen and oxygen atoms in total. The van der Waals surface area contributed by atoms with Gasteiger partial charge < -0.3 is 0 Å². The monoisotopic (exact) mass is 418 g/mol. The third-order valence-corrected chi connectivity index (χ3v) is 6.27. The molecule has 2 heteroatoms. The number of carbonyl (C=O) groups is 2. The van der Waals surface area contributed by atoms with Gasteiger partial charge in [-0.1, -0.05) is 105 Å². The van der Waals surface area contributed by atoms with E-state index in [-0.39, 0.29) is 11.6 Å². The van der Waals surface area contributed by atoms with Gasteiger partial charge in [0, 0.05) is 22.3 Å². The number of hydrogen-bond acceptors (Lipinski definition) is 2. The van der Waals surface area contributed by atoms with Crippen LogP contribution in [0.5, 0.6) is 0 Å². The molecule has 0 saturated carbocycles. The van der Waals surface area contributed by atoms with Gasteiger partial charge in [-0.15, -0.1) is 0 Å². The number of ketones is 2. The van der Waals surface area contributed by atoms with Crippen molar-refractivity contribution in [1.82, 2.24) is 0 Å². The predicted octanol–water partition coefficient (Wildman–Crippen LogP) is 8.93. The van der Waals surface area contributed by atoms with Crippen LogP contribution < -0.4 is 0 Å². The van der Waals surface area contributed by atoms with Gasteiger partial charge in [-0.3, -0.25) is 9.59 Å². The van der Waals surface area contributed by atoms with E-state index >= 15 is 0 Å². The summed E-state index contributed by atoms with van der Waals surface area (Å²) in [5, 5.41) is 0. The van der Waals surface area contributed by atoms with Gasteiger partial charge in [0.1, 0.15) is 0 Å². The number of carbonyl (C=O) groups excluding carboxylic acids is 2. The first-order valence-electron chi connectivity index (χ1n) is 12.8. The van der Waals surface area contributed by atoms with Gasteiger partial charge in [0.05, 0.1) is 0 Å². The highest BCUT2D eigenvalue weighted by Gasteiger charge is 2.26. The molecular formula is C28H50O2. The lowest BCUT2D eigenvalue weighted by Gasteiger charge is -2.18. The Morgan fingerprint density at radius 3 is 1.33 bits per heavy atom. The first-order chi connectivity index (χ1) is 14.4. The molecule has 0 heterocycles. The number of Topliss-reactive ketones (excluding diaryl/α,β-unsaturated/α-hetero) is 2. The van der Waals surface area contributed by atoms with Crippen molar-refractivity contribution in [3.05, 3.63) is 22.3 Å². The van der Waals surface area contributed by atoms with Crippen LogP contribution in [-0.4, -0.2) is 11.6 Å². The SMILES string of the molecule is CC.CC1=C(C)C(=O)C(CCCCCCCCCCCCCCC(C)C)=C(C)C1=O. The van der Waals surface area contributed by atoms with Gasteiger partial charge in [-0.2, -0.15) is 0 Å². The molecule has 0 unspecified atom stereocenters. The van der Waals surface area contributed by atoms with Gasteiger partial charge in [0.25, 0.3) is 0 Å². The topological polar surface area (TPSA) is 34.1 Å². The lowest BCUT2D eigenvalue weighted by molar-refractivity contribution is -0.116. The van der Waals surface area contributed by atoms with Crippen molar-refractivity contribution >= 4 is 11.6 Å². The number of hydrogen-bond donors (Lipinski definition) is 0. The van der Waals surface area contributed by atoms with Crippen LogP contribution in [0.1, 0.15) is 138 Å². The van der Waals surface area contributed by atoms with Crippen molar-refractivity contribution in [2.24, 2.45) is 5.92 Å². The summed E-state index contributed by atoms with van der Waals surface area (Å²) in [7, 11) is 0. The van der Waals surface area contributed by atoms with Crippen molar-refractivity contribution in [3.8, 4) is 0 Å². The minimum Gasteiger partial charge on any atom is -0.289 e. The average Bonchev–Trinajstić information content (AvgIpc) is 2.74. The van der Waals surface area contributed by atoms with E-state index in [1.165, 1.54) is 70.6 Å².